The summed E-state index contributed by atoms with van der Waals surface area (Å²) in [6, 6.07) is 0. The maximum absolute atomic E-state index is 13.2. The van der Waals surface area contributed by atoms with Crippen LogP contribution in [0.3, 0.4) is 0 Å². The fourth-order valence-corrected chi connectivity index (χ4v) is 5.25. The van der Waals surface area contributed by atoms with Crippen LogP contribution in [-0.4, -0.2) is 29.4 Å². The third kappa shape index (κ3) is 4.66. The molecule has 5 heteroatoms. The quantitative estimate of drug-likeness (QED) is 0.622. The van der Waals surface area contributed by atoms with Crippen molar-refractivity contribution in [3.05, 3.63) is 0 Å². The van der Waals surface area contributed by atoms with Gasteiger partial charge in [0.15, 0.2) is 0 Å². The van der Waals surface area contributed by atoms with E-state index >= 15 is 0 Å². The van der Waals surface area contributed by atoms with Gasteiger partial charge in [0.05, 0.1) is 18.4 Å². The molecule has 0 amide bonds. The fourth-order valence-electron chi connectivity index (χ4n) is 5.25. The van der Waals surface area contributed by atoms with Crippen molar-refractivity contribution in [3.63, 3.8) is 0 Å². The third-order valence-corrected chi connectivity index (χ3v) is 6.45. The van der Waals surface area contributed by atoms with Crippen LogP contribution in [0.15, 0.2) is 0 Å². The van der Waals surface area contributed by atoms with Gasteiger partial charge in [-0.15, -0.1) is 0 Å². The van der Waals surface area contributed by atoms with Gasteiger partial charge in [0.2, 0.25) is 0 Å². The molecule has 2 aliphatic carbocycles. The van der Waals surface area contributed by atoms with Gasteiger partial charge in [0.25, 0.3) is 0 Å². The molecule has 0 aromatic carbocycles. The predicted octanol–water partition coefficient (Wildman–Crippen LogP) is 4.09. The van der Waals surface area contributed by atoms with Gasteiger partial charge in [-0.2, -0.15) is 0 Å². The second-order valence-corrected chi connectivity index (χ2v) is 8.19. The molecule has 2 saturated carbocycles. The van der Waals surface area contributed by atoms with E-state index in [1.54, 1.807) is 6.92 Å². The lowest BCUT2D eigenvalue weighted by Crippen LogP contribution is -2.35. The molecule has 1 N–H and O–H groups in total. The van der Waals surface area contributed by atoms with E-state index in [0.717, 1.165) is 32.1 Å². The normalized spacial score (nSPS) is 30.3. The van der Waals surface area contributed by atoms with Gasteiger partial charge < -0.3 is 9.84 Å². The van der Waals surface area contributed by atoms with E-state index in [2.05, 4.69) is 0 Å². The Balaban J connectivity index is 2.10. The largest absolute Gasteiger partial charge is 0.481 e. The molecular weight excluding hydrogens is 332 g/mol. The molecule has 2 aliphatic rings. The van der Waals surface area contributed by atoms with Crippen molar-refractivity contribution in [1.82, 2.24) is 0 Å². The van der Waals surface area contributed by atoms with Crippen molar-refractivity contribution in [3.8, 4) is 0 Å². The number of esters is 1. The molecule has 0 aromatic rings. The van der Waals surface area contributed by atoms with E-state index in [1.165, 1.54) is 0 Å². The van der Waals surface area contributed by atoms with Crippen molar-refractivity contribution < 1.29 is 24.2 Å². The van der Waals surface area contributed by atoms with Crippen molar-refractivity contribution in [2.75, 3.05) is 6.61 Å². The van der Waals surface area contributed by atoms with E-state index in [4.69, 9.17) is 4.74 Å². The number of ketones is 1. The monoisotopic (exact) mass is 366 g/mol. The first-order chi connectivity index (χ1) is 12.4. The molecule has 0 bridgehead atoms. The summed E-state index contributed by atoms with van der Waals surface area (Å²) < 4.78 is 5.16. The van der Waals surface area contributed by atoms with Crippen LogP contribution in [0.1, 0.15) is 72.1 Å². The molecule has 6 atom stereocenters. The Morgan fingerprint density at radius 1 is 1.15 bits per heavy atom. The van der Waals surface area contributed by atoms with Gasteiger partial charge in [-0.1, -0.05) is 39.5 Å². The lowest BCUT2D eigenvalue weighted by molar-refractivity contribution is -0.150. The average Bonchev–Trinajstić information content (AvgIpc) is 3.00. The summed E-state index contributed by atoms with van der Waals surface area (Å²) in [5, 5.41) is 9.66. The Labute approximate surface area is 156 Å². The van der Waals surface area contributed by atoms with Crippen LogP contribution >= 0.6 is 0 Å². The number of carbonyl (C=O) groups excluding carboxylic acids is 2. The molecule has 0 saturated heterocycles. The summed E-state index contributed by atoms with van der Waals surface area (Å²) in [4.78, 5) is 37.2. The minimum Gasteiger partial charge on any atom is -0.481 e. The molecule has 0 aliphatic heterocycles. The predicted molar refractivity (Wildman–Crippen MR) is 98.5 cm³/mol. The van der Waals surface area contributed by atoms with Gasteiger partial charge in [0, 0.05) is 11.8 Å². The topological polar surface area (TPSA) is 80.7 Å². The molecule has 2 rings (SSSR count). The zero-order chi connectivity index (χ0) is 19.3. The number of ether oxygens (including phenoxy) is 1. The van der Waals surface area contributed by atoms with Crippen LogP contribution in [0.5, 0.6) is 0 Å². The zero-order valence-electron chi connectivity index (χ0n) is 16.4. The van der Waals surface area contributed by atoms with Crippen LogP contribution in [0.4, 0.5) is 0 Å². The summed E-state index contributed by atoms with van der Waals surface area (Å²) >= 11 is 0. The number of Topliss-reactive ketones (excluding diaryl/α,β-unsaturated/α-hetero) is 1. The summed E-state index contributed by atoms with van der Waals surface area (Å²) in [6.07, 6.45) is 6.91. The molecule has 0 spiro atoms. The summed E-state index contributed by atoms with van der Waals surface area (Å²) in [5.74, 6) is -1.92. The van der Waals surface area contributed by atoms with Gasteiger partial charge in [0.1, 0.15) is 5.78 Å². The van der Waals surface area contributed by atoms with Gasteiger partial charge >= 0.3 is 11.9 Å². The number of fused-ring (bicyclic) bond motifs is 1. The average molecular weight is 366 g/mol. The number of carboxylic acids is 1. The Hall–Kier alpha value is -1.39. The van der Waals surface area contributed by atoms with Gasteiger partial charge in [-0.05, 0) is 44.4 Å². The first-order valence-corrected chi connectivity index (χ1v) is 10.3. The minimum atomic E-state index is -0.833. The highest BCUT2D eigenvalue weighted by atomic mass is 16.5. The minimum absolute atomic E-state index is 0.0530. The van der Waals surface area contributed by atoms with E-state index < -0.39 is 11.9 Å². The lowest BCUT2D eigenvalue weighted by atomic mass is 9.73. The van der Waals surface area contributed by atoms with Crippen LogP contribution < -0.4 is 0 Å². The molecule has 5 nitrogen and oxygen atoms in total. The number of carboxylic acid groups (broad SMARTS) is 1. The number of hydrogen-bond acceptors (Lipinski definition) is 4. The van der Waals surface area contributed by atoms with E-state index in [0.29, 0.717) is 31.8 Å². The fraction of sp³-hybridized carbons (Fsp3) is 0.857. The summed E-state index contributed by atoms with van der Waals surface area (Å²) in [7, 11) is 0. The van der Waals surface area contributed by atoms with Crippen LogP contribution in [0.2, 0.25) is 0 Å². The molecule has 0 aromatic heterocycles. The van der Waals surface area contributed by atoms with Gasteiger partial charge in [-0.25, -0.2) is 0 Å². The Bertz CT molecular complexity index is 515. The molecule has 1 unspecified atom stereocenters. The molecule has 26 heavy (non-hydrogen) atoms. The van der Waals surface area contributed by atoms with Crippen molar-refractivity contribution in [1.29, 1.82) is 0 Å². The highest BCUT2D eigenvalue weighted by molar-refractivity contribution is 5.89. The standard InChI is InChI=1S/C21H34O5/c1-4-8-15(21(25)26-5-2)11-13(3)19(22)18-16-10-7-6-9-14(16)12-17(18)20(23)24/h13-18H,4-12H2,1-3H3,(H,23,24)/t13-,14+,15+,16+,17-,18?/m1/s1. The molecule has 148 valence electrons. The van der Waals surface area contributed by atoms with Crippen molar-refractivity contribution in [2.45, 2.75) is 72.1 Å². The Kier molecular flexibility index (Phi) is 7.66. The Morgan fingerprint density at radius 2 is 1.85 bits per heavy atom. The highest BCUT2D eigenvalue weighted by Gasteiger charge is 2.51. The molecule has 2 fully saturated rings. The SMILES string of the molecule is CCC[C@@H](C[C@@H](C)C(=O)C1[C@H]2CCCC[C@H]2C[C@H]1C(=O)O)C(=O)OCC. The maximum Gasteiger partial charge on any atom is 0.308 e. The second kappa shape index (κ2) is 9.52. The first kappa shape index (κ1) is 20.9. The first-order valence-electron chi connectivity index (χ1n) is 10.3. The molecular formula is C21H34O5. The number of hydrogen-bond donors (Lipinski definition) is 1. The summed E-state index contributed by atoms with van der Waals surface area (Å²) in [5.41, 5.74) is 0. The van der Waals surface area contributed by atoms with Crippen molar-refractivity contribution in [2.24, 2.45) is 35.5 Å². The van der Waals surface area contributed by atoms with Crippen molar-refractivity contribution >= 4 is 17.7 Å². The smallest absolute Gasteiger partial charge is 0.308 e. The van der Waals surface area contributed by atoms with E-state index in [-0.39, 0.29) is 35.4 Å². The van der Waals surface area contributed by atoms with Gasteiger partial charge in [-0.3, -0.25) is 14.4 Å². The Morgan fingerprint density at radius 3 is 2.46 bits per heavy atom. The van der Waals surface area contributed by atoms with E-state index in [1.807, 2.05) is 13.8 Å². The highest BCUT2D eigenvalue weighted by Crippen LogP contribution is 2.50. The lowest BCUT2D eigenvalue weighted by Gasteiger charge is -2.31. The van der Waals surface area contributed by atoms with Crippen LogP contribution in [0, 0.1) is 35.5 Å². The third-order valence-electron chi connectivity index (χ3n) is 6.45. The van der Waals surface area contributed by atoms with Crippen LogP contribution in [0.25, 0.3) is 0 Å². The number of aliphatic carboxylic acids is 1. The van der Waals surface area contributed by atoms with Crippen LogP contribution in [-0.2, 0) is 19.1 Å². The number of carbonyl (C=O) groups is 3. The summed E-state index contributed by atoms with van der Waals surface area (Å²) in [6.45, 7) is 6.01. The molecule has 0 radical (unpaired) electrons. The second-order valence-electron chi connectivity index (χ2n) is 8.19. The van der Waals surface area contributed by atoms with E-state index in [9.17, 15) is 19.5 Å². The zero-order valence-corrected chi connectivity index (χ0v) is 16.4. The number of rotatable bonds is 9. The molecule has 0 heterocycles. The maximum atomic E-state index is 13.2.